The molecule has 9 heteroatoms. The van der Waals surface area contributed by atoms with Crippen molar-refractivity contribution in [3.8, 4) is 6.07 Å². The zero-order valence-corrected chi connectivity index (χ0v) is 18.4. The zero-order chi connectivity index (χ0) is 21.3. The van der Waals surface area contributed by atoms with E-state index in [0.717, 1.165) is 11.1 Å². The third kappa shape index (κ3) is 4.59. The van der Waals surface area contributed by atoms with Crippen LogP contribution in [0.1, 0.15) is 18.9 Å². The average molecular weight is 448 g/mol. The maximum atomic E-state index is 14.4. The molecule has 31 heavy (non-hydrogen) atoms. The Hall–Kier alpha value is -2.47. The van der Waals surface area contributed by atoms with Gasteiger partial charge < -0.3 is 19.9 Å². The van der Waals surface area contributed by atoms with Gasteiger partial charge in [-0.25, -0.2) is 4.39 Å². The van der Waals surface area contributed by atoms with Crippen molar-refractivity contribution < 1.29 is 13.9 Å². The molecule has 0 aliphatic carbocycles. The van der Waals surface area contributed by atoms with E-state index in [1.54, 1.807) is 19.3 Å². The molecule has 1 amide bonds. The van der Waals surface area contributed by atoms with Gasteiger partial charge in [-0.3, -0.25) is 9.78 Å². The lowest BCUT2D eigenvalue weighted by Gasteiger charge is -2.41. The second kappa shape index (κ2) is 9.77. The van der Waals surface area contributed by atoms with Crippen LogP contribution in [0.4, 0.5) is 10.1 Å². The SMILES string of the molecule is C[C@@H]1CN(c2ccc(C#N)c3ncccc23)C[C@H](C(=O)N(C)[C@H]2CNCC[C@H]2F)O1.Cl. The number of nitrogens with zero attached hydrogens (tertiary/aromatic N) is 4. The van der Waals surface area contributed by atoms with E-state index in [1.165, 1.54) is 4.90 Å². The standard InChI is InChI=1S/C22H26FN5O2.ClH/c1-14-12-28(18-6-5-15(10-24)21-16(18)4-3-8-26-21)13-20(30-14)22(29)27(2)19-11-25-9-7-17(19)23;/h3-6,8,14,17,19-20,25H,7,9,11-13H2,1-2H3;1H/t14-,17-,19+,20-;/m1./s1. The average Bonchev–Trinajstić information content (AvgIpc) is 2.77. The fraction of sp³-hybridized carbons (Fsp3) is 0.500. The first-order chi connectivity index (χ1) is 14.5. The van der Waals surface area contributed by atoms with Crippen molar-refractivity contribution in [1.29, 1.82) is 5.26 Å². The number of carbonyl (C=O) groups is 1. The highest BCUT2D eigenvalue weighted by molar-refractivity contribution is 5.95. The van der Waals surface area contributed by atoms with E-state index in [1.807, 2.05) is 25.1 Å². The number of ether oxygens (including phenoxy) is 1. The van der Waals surface area contributed by atoms with Gasteiger partial charge in [0.25, 0.3) is 5.91 Å². The highest BCUT2D eigenvalue weighted by atomic mass is 35.5. The van der Waals surface area contributed by atoms with Crippen LogP contribution >= 0.6 is 12.4 Å². The molecule has 3 heterocycles. The summed E-state index contributed by atoms with van der Waals surface area (Å²) in [5.41, 5.74) is 2.07. The van der Waals surface area contributed by atoms with E-state index in [2.05, 4.69) is 21.3 Å². The van der Waals surface area contributed by atoms with Crippen LogP contribution in [0.3, 0.4) is 0 Å². The van der Waals surface area contributed by atoms with E-state index in [4.69, 9.17) is 4.74 Å². The van der Waals surface area contributed by atoms with Crippen molar-refractivity contribution >= 4 is 34.9 Å². The molecule has 166 valence electrons. The molecule has 2 aliphatic heterocycles. The van der Waals surface area contributed by atoms with Crippen molar-refractivity contribution in [2.45, 2.75) is 37.8 Å². The van der Waals surface area contributed by atoms with Gasteiger partial charge in [-0.1, -0.05) is 0 Å². The van der Waals surface area contributed by atoms with Gasteiger partial charge >= 0.3 is 0 Å². The second-order valence-electron chi connectivity index (χ2n) is 8.01. The molecule has 7 nitrogen and oxygen atoms in total. The Balaban J connectivity index is 0.00000272. The quantitative estimate of drug-likeness (QED) is 0.777. The largest absolute Gasteiger partial charge is 0.365 e. The Morgan fingerprint density at radius 2 is 2.19 bits per heavy atom. The molecule has 2 fully saturated rings. The molecule has 0 radical (unpaired) electrons. The normalized spacial score (nSPS) is 26.1. The maximum Gasteiger partial charge on any atom is 0.253 e. The summed E-state index contributed by atoms with van der Waals surface area (Å²) in [5, 5.41) is 13.4. The molecule has 2 saturated heterocycles. The number of hydrogen-bond donors (Lipinski definition) is 1. The van der Waals surface area contributed by atoms with Crippen LogP contribution in [0.2, 0.25) is 0 Å². The Morgan fingerprint density at radius 3 is 2.94 bits per heavy atom. The first-order valence-electron chi connectivity index (χ1n) is 10.3. The molecule has 1 aromatic carbocycles. The number of hydrogen-bond acceptors (Lipinski definition) is 6. The smallest absolute Gasteiger partial charge is 0.253 e. The van der Waals surface area contributed by atoms with Crippen molar-refractivity contribution in [1.82, 2.24) is 15.2 Å². The zero-order valence-electron chi connectivity index (χ0n) is 17.6. The van der Waals surface area contributed by atoms with Crippen LogP contribution in [0.25, 0.3) is 10.9 Å². The highest BCUT2D eigenvalue weighted by Gasteiger charge is 2.37. The second-order valence-corrected chi connectivity index (χ2v) is 8.01. The number of fused-ring (bicyclic) bond motifs is 1. The molecule has 0 unspecified atom stereocenters. The number of rotatable bonds is 3. The summed E-state index contributed by atoms with van der Waals surface area (Å²) in [7, 11) is 1.65. The van der Waals surface area contributed by atoms with Gasteiger partial charge in [0.1, 0.15) is 12.2 Å². The van der Waals surface area contributed by atoms with Gasteiger partial charge in [0.15, 0.2) is 6.10 Å². The number of anilines is 1. The number of halogens is 2. The number of morpholine rings is 1. The van der Waals surface area contributed by atoms with E-state index < -0.39 is 18.3 Å². The minimum Gasteiger partial charge on any atom is -0.365 e. The minimum atomic E-state index is -1.04. The van der Waals surface area contributed by atoms with Crippen molar-refractivity contribution in [2.24, 2.45) is 0 Å². The lowest BCUT2D eigenvalue weighted by atomic mass is 10.0. The fourth-order valence-electron chi connectivity index (χ4n) is 4.39. The number of pyridine rings is 1. The first-order valence-corrected chi connectivity index (χ1v) is 10.3. The topological polar surface area (TPSA) is 81.5 Å². The van der Waals surface area contributed by atoms with Crippen LogP contribution in [-0.2, 0) is 9.53 Å². The van der Waals surface area contributed by atoms with Crippen LogP contribution in [0.15, 0.2) is 30.5 Å². The molecular formula is C22H27ClFN5O2. The number of likely N-dealkylation sites (N-methyl/N-ethyl adjacent to an activating group) is 1. The lowest BCUT2D eigenvalue weighted by Crippen LogP contribution is -2.59. The predicted octanol–water partition coefficient (Wildman–Crippen LogP) is 2.28. The van der Waals surface area contributed by atoms with Gasteiger partial charge in [0.2, 0.25) is 0 Å². The fourth-order valence-corrected chi connectivity index (χ4v) is 4.39. The van der Waals surface area contributed by atoms with Crippen LogP contribution < -0.4 is 10.2 Å². The summed E-state index contributed by atoms with van der Waals surface area (Å²) in [6, 6.07) is 9.13. The number of piperidine rings is 1. The van der Waals surface area contributed by atoms with E-state index in [-0.39, 0.29) is 24.4 Å². The molecule has 4 rings (SSSR count). The van der Waals surface area contributed by atoms with Crippen LogP contribution in [0, 0.1) is 11.3 Å². The number of alkyl halides is 1. The number of nitrogens with one attached hydrogen (secondary N) is 1. The molecule has 0 saturated carbocycles. The predicted molar refractivity (Wildman–Crippen MR) is 119 cm³/mol. The first kappa shape index (κ1) is 23.2. The van der Waals surface area contributed by atoms with E-state index in [9.17, 15) is 14.4 Å². The van der Waals surface area contributed by atoms with Crippen molar-refractivity contribution in [2.75, 3.05) is 38.1 Å². The Morgan fingerprint density at radius 1 is 1.39 bits per heavy atom. The van der Waals surface area contributed by atoms with Crippen molar-refractivity contribution in [3.63, 3.8) is 0 Å². The monoisotopic (exact) mass is 447 g/mol. The third-order valence-corrected chi connectivity index (χ3v) is 5.96. The summed E-state index contributed by atoms with van der Waals surface area (Å²) in [6.45, 7) is 3.98. The molecule has 2 aliphatic rings. The molecule has 4 atom stereocenters. The maximum absolute atomic E-state index is 14.4. The number of amides is 1. The number of benzene rings is 1. The number of aromatic nitrogens is 1. The summed E-state index contributed by atoms with van der Waals surface area (Å²) < 4.78 is 20.3. The van der Waals surface area contributed by atoms with Crippen LogP contribution in [0.5, 0.6) is 0 Å². The van der Waals surface area contributed by atoms with E-state index in [0.29, 0.717) is 43.7 Å². The molecular weight excluding hydrogens is 421 g/mol. The van der Waals surface area contributed by atoms with Gasteiger partial charge in [0.05, 0.1) is 29.8 Å². The van der Waals surface area contributed by atoms with Gasteiger partial charge in [0, 0.05) is 37.4 Å². The number of nitriles is 1. The van der Waals surface area contributed by atoms with Crippen LogP contribution in [-0.4, -0.2) is 73.4 Å². The third-order valence-electron chi connectivity index (χ3n) is 5.96. The molecule has 1 N–H and O–H groups in total. The summed E-state index contributed by atoms with van der Waals surface area (Å²) in [4.78, 5) is 21.1. The Labute approximate surface area is 187 Å². The lowest BCUT2D eigenvalue weighted by molar-refractivity contribution is -0.150. The highest BCUT2D eigenvalue weighted by Crippen LogP contribution is 2.30. The van der Waals surface area contributed by atoms with Crippen molar-refractivity contribution in [3.05, 3.63) is 36.0 Å². The summed E-state index contributed by atoms with van der Waals surface area (Å²) >= 11 is 0. The van der Waals surface area contributed by atoms with Gasteiger partial charge in [-0.05, 0) is 44.2 Å². The molecule has 0 bridgehead atoms. The molecule has 0 spiro atoms. The summed E-state index contributed by atoms with van der Waals surface area (Å²) in [5.74, 6) is -0.209. The Kier molecular flexibility index (Phi) is 7.31. The van der Waals surface area contributed by atoms with Gasteiger partial charge in [-0.15, -0.1) is 12.4 Å². The Bertz CT molecular complexity index is 984. The number of carbonyl (C=O) groups excluding carboxylic acids is 1. The molecule has 1 aromatic heterocycles. The summed E-state index contributed by atoms with van der Waals surface area (Å²) in [6.07, 6.45) is 0.178. The molecule has 2 aromatic rings. The minimum absolute atomic E-state index is 0. The van der Waals surface area contributed by atoms with E-state index >= 15 is 0 Å². The van der Waals surface area contributed by atoms with Gasteiger partial charge in [-0.2, -0.15) is 5.26 Å².